The van der Waals surface area contributed by atoms with E-state index in [1.165, 1.54) is 0 Å². The number of nitrogens with zero attached hydrogens (tertiary/aromatic N) is 1. The third-order valence-corrected chi connectivity index (χ3v) is 3.57. The summed E-state index contributed by atoms with van der Waals surface area (Å²) in [6.07, 6.45) is 0. The van der Waals surface area contributed by atoms with Crippen LogP contribution in [0.3, 0.4) is 0 Å². The van der Waals surface area contributed by atoms with Gasteiger partial charge in [0.2, 0.25) is 0 Å². The minimum atomic E-state index is -0.355. The lowest BCUT2D eigenvalue weighted by atomic mass is 10.1. The van der Waals surface area contributed by atoms with E-state index in [1.54, 1.807) is 31.2 Å². The molecular weight excluding hydrogens is 298 g/mol. The van der Waals surface area contributed by atoms with E-state index in [0.29, 0.717) is 11.1 Å². The molecule has 0 radical (unpaired) electrons. The number of alkyl halides is 1. The fourth-order valence-corrected chi connectivity index (χ4v) is 2.46. The van der Waals surface area contributed by atoms with Gasteiger partial charge in [0, 0.05) is 12.5 Å². The minimum absolute atomic E-state index is 0.0217. The van der Waals surface area contributed by atoms with E-state index in [9.17, 15) is 14.4 Å². The van der Waals surface area contributed by atoms with Crippen molar-refractivity contribution in [2.24, 2.45) is 5.92 Å². The Kier molecular flexibility index (Phi) is 3.61. The zero-order valence-electron chi connectivity index (χ0n) is 9.85. The Hall–Kier alpha value is -1.49. The zero-order chi connectivity index (χ0) is 13.3. The van der Waals surface area contributed by atoms with Gasteiger partial charge in [-0.15, -0.1) is 0 Å². The smallest absolute Gasteiger partial charge is 0.261 e. The lowest BCUT2D eigenvalue weighted by Crippen LogP contribution is -2.36. The molecule has 1 aromatic carbocycles. The molecule has 0 saturated carbocycles. The summed E-state index contributed by atoms with van der Waals surface area (Å²) in [6, 6.07) is 6.71. The number of carbonyl (C=O) groups is 3. The van der Waals surface area contributed by atoms with Crippen molar-refractivity contribution >= 4 is 33.5 Å². The van der Waals surface area contributed by atoms with Crippen LogP contribution in [0.4, 0.5) is 0 Å². The van der Waals surface area contributed by atoms with Gasteiger partial charge in [-0.05, 0) is 12.1 Å². The molecule has 1 atom stereocenters. The topological polar surface area (TPSA) is 54.5 Å². The van der Waals surface area contributed by atoms with Crippen molar-refractivity contribution in [3.05, 3.63) is 35.4 Å². The maximum absolute atomic E-state index is 12.0. The van der Waals surface area contributed by atoms with Crippen LogP contribution in [0.25, 0.3) is 0 Å². The third-order valence-electron chi connectivity index (χ3n) is 3.02. The highest BCUT2D eigenvalue weighted by atomic mass is 79.9. The average molecular weight is 310 g/mol. The second-order valence-electron chi connectivity index (χ2n) is 4.27. The lowest BCUT2D eigenvalue weighted by molar-refractivity contribution is -0.119. The highest BCUT2D eigenvalue weighted by Gasteiger charge is 2.36. The van der Waals surface area contributed by atoms with Gasteiger partial charge in [0.25, 0.3) is 11.8 Å². The molecule has 0 fully saturated rings. The number of benzene rings is 1. The molecule has 0 unspecified atom stereocenters. The van der Waals surface area contributed by atoms with Gasteiger partial charge in [-0.25, -0.2) is 0 Å². The number of halogens is 1. The maximum atomic E-state index is 12.0. The monoisotopic (exact) mass is 309 g/mol. The first-order chi connectivity index (χ1) is 8.56. The Morgan fingerprint density at radius 2 is 1.72 bits per heavy atom. The average Bonchev–Trinajstić information content (AvgIpc) is 2.63. The minimum Gasteiger partial charge on any atom is -0.298 e. The first kappa shape index (κ1) is 13.0. The van der Waals surface area contributed by atoms with Gasteiger partial charge >= 0.3 is 0 Å². The number of ketones is 1. The Morgan fingerprint density at radius 3 is 2.17 bits per heavy atom. The molecule has 0 N–H and O–H groups in total. The predicted molar refractivity (Wildman–Crippen MR) is 69.8 cm³/mol. The van der Waals surface area contributed by atoms with Gasteiger partial charge in [-0.1, -0.05) is 35.0 Å². The molecule has 0 bridgehead atoms. The molecule has 0 aliphatic carbocycles. The second-order valence-corrected chi connectivity index (χ2v) is 4.83. The Labute approximate surface area is 113 Å². The van der Waals surface area contributed by atoms with E-state index < -0.39 is 0 Å². The van der Waals surface area contributed by atoms with Gasteiger partial charge in [0.05, 0.1) is 16.5 Å². The number of Topliss-reactive ketones (excluding diaryl/α,β-unsaturated/α-hetero) is 1. The lowest BCUT2D eigenvalue weighted by Gasteiger charge is -2.17. The summed E-state index contributed by atoms with van der Waals surface area (Å²) in [6.45, 7) is 1.85. The van der Waals surface area contributed by atoms with E-state index in [-0.39, 0.29) is 35.4 Å². The number of carbonyl (C=O) groups excluding carboxylic acids is 3. The van der Waals surface area contributed by atoms with E-state index in [1.807, 2.05) is 0 Å². The number of fused-ring (bicyclic) bond motifs is 1. The van der Waals surface area contributed by atoms with Crippen LogP contribution in [0.15, 0.2) is 24.3 Å². The predicted octanol–water partition coefficient (Wildman–Crippen LogP) is 1.88. The number of hydrogen-bond donors (Lipinski definition) is 0. The largest absolute Gasteiger partial charge is 0.298 e. The number of imide groups is 1. The standard InChI is InChI=1S/C13H12BrNO3/c1-8(11(16)6-14)7-15-12(17)9-4-2-3-5-10(9)13(15)18/h2-5,8H,6-7H2,1H3/t8-/m1/s1. The normalized spacial score (nSPS) is 15.8. The summed E-state index contributed by atoms with van der Waals surface area (Å²) in [5.41, 5.74) is 0.835. The van der Waals surface area contributed by atoms with Gasteiger partial charge in [0.15, 0.2) is 0 Å². The van der Waals surface area contributed by atoms with Gasteiger partial charge in [-0.2, -0.15) is 0 Å². The van der Waals surface area contributed by atoms with Crippen molar-refractivity contribution in [1.29, 1.82) is 0 Å². The van der Waals surface area contributed by atoms with Crippen LogP contribution in [0.1, 0.15) is 27.6 Å². The molecule has 2 amide bonds. The Bertz CT molecular complexity index is 492. The summed E-state index contributed by atoms with van der Waals surface area (Å²) >= 11 is 3.09. The second kappa shape index (κ2) is 5.02. The van der Waals surface area contributed by atoms with E-state index >= 15 is 0 Å². The summed E-state index contributed by atoms with van der Waals surface area (Å²) < 4.78 is 0. The molecule has 1 aliphatic heterocycles. The number of rotatable bonds is 4. The Balaban J connectivity index is 2.21. The highest BCUT2D eigenvalue weighted by molar-refractivity contribution is 9.09. The summed E-state index contributed by atoms with van der Waals surface area (Å²) in [7, 11) is 0. The van der Waals surface area contributed by atoms with E-state index in [4.69, 9.17) is 0 Å². The van der Waals surface area contributed by atoms with Crippen LogP contribution in [-0.4, -0.2) is 34.4 Å². The molecule has 94 valence electrons. The molecule has 18 heavy (non-hydrogen) atoms. The molecule has 2 rings (SSSR count). The highest BCUT2D eigenvalue weighted by Crippen LogP contribution is 2.23. The van der Waals surface area contributed by atoms with Gasteiger partial charge in [0.1, 0.15) is 5.78 Å². The van der Waals surface area contributed by atoms with Gasteiger partial charge in [-0.3, -0.25) is 19.3 Å². The molecule has 1 aromatic rings. The number of amides is 2. The Morgan fingerprint density at radius 1 is 1.22 bits per heavy atom. The maximum Gasteiger partial charge on any atom is 0.261 e. The molecule has 4 nitrogen and oxygen atoms in total. The first-order valence-electron chi connectivity index (χ1n) is 5.60. The fourth-order valence-electron chi connectivity index (χ4n) is 1.91. The molecule has 0 aromatic heterocycles. The molecule has 0 saturated heterocycles. The van der Waals surface area contributed by atoms with Crippen molar-refractivity contribution in [3.63, 3.8) is 0 Å². The van der Waals surface area contributed by atoms with Crippen molar-refractivity contribution in [2.75, 3.05) is 11.9 Å². The van der Waals surface area contributed by atoms with Crippen molar-refractivity contribution in [1.82, 2.24) is 4.90 Å². The fraction of sp³-hybridized carbons (Fsp3) is 0.308. The summed E-state index contributed by atoms with van der Waals surface area (Å²) in [5, 5.41) is 0.233. The zero-order valence-corrected chi connectivity index (χ0v) is 11.4. The summed E-state index contributed by atoms with van der Waals surface area (Å²) in [4.78, 5) is 36.7. The van der Waals surface area contributed by atoms with Crippen molar-refractivity contribution in [2.45, 2.75) is 6.92 Å². The van der Waals surface area contributed by atoms with Crippen LogP contribution >= 0.6 is 15.9 Å². The quantitative estimate of drug-likeness (QED) is 0.630. The van der Waals surface area contributed by atoms with Crippen LogP contribution in [0, 0.1) is 5.92 Å². The van der Waals surface area contributed by atoms with Crippen LogP contribution in [0.5, 0.6) is 0 Å². The van der Waals surface area contributed by atoms with Crippen LogP contribution in [0.2, 0.25) is 0 Å². The van der Waals surface area contributed by atoms with Crippen LogP contribution < -0.4 is 0 Å². The number of hydrogen-bond acceptors (Lipinski definition) is 3. The van der Waals surface area contributed by atoms with Gasteiger partial charge < -0.3 is 0 Å². The van der Waals surface area contributed by atoms with Crippen LogP contribution in [-0.2, 0) is 4.79 Å². The van der Waals surface area contributed by atoms with E-state index in [0.717, 1.165) is 4.90 Å². The first-order valence-corrected chi connectivity index (χ1v) is 6.72. The molecule has 1 heterocycles. The molecule has 1 aliphatic rings. The van der Waals surface area contributed by atoms with Crippen molar-refractivity contribution in [3.8, 4) is 0 Å². The molecular formula is C13H12BrNO3. The van der Waals surface area contributed by atoms with Crippen molar-refractivity contribution < 1.29 is 14.4 Å². The SMILES string of the molecule is C[C@H](CN1C(=O)c2ccccc2C1=O)C(=O)CBr. The molecule has 0 spiro atoms. The van der Waals surface area contributed by atoms with E-state index in [2.05, 4.69) is 15.9 Å². The third kappa shape index (κ3) is 2.10. The summed E-state index contributed by atoms with van der Waals surface area (Å²) in [5.74, 6) is -1.01. The molecule has 5 heteroatoms.